The molecule has 0 radical (unpaired) electrons. The van der Waals surface area contributed by atoms with Crippen molar-refractivity contribution in [2.24, 2.45) is 17.4 Å². The minimum absolute atomic E-state index is 0.0217. The second-order valence-electron chi connectivity index (χ2n) is 4.95. The van der Waals surface area contributed by atoms with Crippen LogP contribution < -0.4 is 11.5 Å². The molecular weight excluding hydrogens is 234 g/mol. The molecule has 0 saturated carbocycles. The molecule has 1 saturated heterocycles. The second kappa shape index (κ2) is 6.31. The largest absolute Gasteiger partial charge is 0.393 e. The van der Waals surface area contributed by atoms with Gasteiger partial charge in [0.1, 0.15) is 0 Å². The summed E-state index contributed by atoms with van der Waals surface area (Å²) >= 11 is 4.99. The Morgan fingerprint density at radius 1 is 1.47 bits per heavy atom. The number of rotatable bonds is 5. The van der Waals surface area contributed by atoms with Crippen molar-refractivity contribution >= 4 is 23.1 Å². The molecular formula is C12H23N3OS. The fourth-order valence-corrected chi connectivity index (χ4v) is 2.80. The second-order valence-corrected chi connectivity index (χ2v) is 5.48. The number of nitrogens with two attached hydrogens (primary N) is 2. The van der Waals surface area contributed by atoms with Gasteiger partial charge in [-0.25, -0.2) is 0 Å². The molecule has 0 bridgehead atoms. The highest BCUT2D eigenvalue weighted by atomic mass is 32.1. The van der Waals surface area contributed by atoms with Crippen LogP contribution in [0, 0.1) is 5.92 Å². The van der Waals surface area contributed by atoms with Gasteiger partial charge in [0.2, 0.25) is 5.91 Å². The maximum Gasteiger partial charge on any atom is 0.221 e. The highest BCUT2D eigenvalue weighted by molar-refractivity contribution is 7.80. The van der Waals surface area contributed by atoms with Gasteiger partial charge in [-0.2, -0.15) is 0 Å². The van der Waals surface area contributed by atoms with E-state index in [2.05, 4.69) is 18.7 Å². The lowest BCUT2D eigenvalue weighted by molar-refractivity contribution is -0.124. The Labute approximate surface area is 109 Å². The molecule has 0 aromatic carbocycles. The Kier molecular flexibility index (Phi) is 5.33. The Balaban J connectivity index is 2.70. The van der Waals surface area contributed by atoms with Crippen molar-refractivity contribution in [1.82, 2.24) is 4.90 Å². The third-order valence-corrected chi connectivity index (χ3v) is 3.88. The van der Waals surface area contributed by atoms with E-state index in [0.717, 1.165) is 32.2 Å². The standard InChI is InChI=1S/C12H23N3OS/c1-3-10(6-11(13)17)15-7-9(12(14)16)5-4-8(15)2/h8-10H,3-7H2,1-2H3,(H2,13,17)(H2,14,16). The van der Waals surface area contributed by atoms with E-state index < -0.39 is 0 Å². The van der Waals surface area contributed by atoms with E-state index in [0.29, 0.717) is 17.1 Å². The van der Waals surface area contributed by atoms with Crippen molar-refractivity contribution in [3.05, 3.63) is 0 Å². The predicted octanol–water partition coefficient (Wildman–Crippen LogP) is 1.03. The summed E-state index contributed by atoms with van der Waals surface area (Å²) in [7, 11) is 0. The molecule has 5 heteroatoms. The number of likely N-dealkylation sites (tertiary alicyclic amines) is 1. The van der Waals surface area contributed by atoms with Crippen LogP contribution in [0.3, 0.4) is 0 Å². The fraction of sp³-hybridized carbons (Fsp3) is 0.833. The molecule has 98 valence electrons. The molecule has 0 aromatic heterocycles. The Hall–Kier alpha value is -0.680. The molecule has 1 amide bonds. The number of hydrogen-bond donors (Lipinski definition) is 2. The highest BCUT2D eigenvalue weighted by Crippen LogP contribution is 2.25. The molecule has 1 aliphatic heterocycles. The van der Waals surface area contributed by atoms with Gasteiger partial charge in [-0.05, 0) is 26.2 Å². The number of carbonyl (C=O) groups is 1. The predicted molar refractivity (Wildman–Crippen MR) is 73.6 cm³/mol. The van der Waals surface area contributed by atoms with Gasteiger partial charge in [-0.3, -0.25) is 9.69 Å². The molecule has 1 aliphatic rings. The summed E-state index contributed by atoms with van der Waals surface area (Å²) in [6.07, 6.45) is 3.63. The van der Waals surface area contributed by atoms with Crippen LogP contribution in [0.2, 0.25) is 0 Å². The van der Waals surface area contributed by atoms with Gasteiger partial charge >= 0.3 is 0 Å². The van der Waals surface area contributed by atoms with Gasteiger partial charge in [0.25, 0.3) is 0 Å². The van der Waals surface area contributed by atoms with Crippen molar-refractivity contribution in [2.75, 3.05) is 6.54 Å². The first-order valence-corrected chi connectivity index (χ1v) is 6.69. The average Bonchev–Trinajstić information content (AvgIpc) is 2.26. The minimum atomic E-state index is -0.188. The van der Waals surface area contributed by atoms with E-state index in [4.69, 9.17) is 23.7 Å². The summed E-state index contributed by atoms with van der Waals surface area (Å²) in [5.74, 6) is -0.210. The summed E-state index contributed by atoms with van der Waals surface area (Å²) in [6, 6.07) is 0.814. The van der Waals surface area contributed by atoms with E-state index in [9.17, 15) is 4.79 Å². The number of thiocarbonyl (C=S) groups is 1. The number of amides is 1. The zero-order valence-corrected chi connectivity index (χ0v) is 11.5. The van der Waals surface area contributed by atoms with Crippen molar-refractivity contribution < 1.29 is 4.79 Å². The Bertz CT molecular complexity index is 295. The summed E-state index contributed by atoms with van der Waals surface area (Å²) in [4.78, 5) is 14.2. The van der Waals surface area contributed by atoms with E-state index in [1.165, 1.54) is 0 Å². The van der Waals surface area contributed by atoms with Crippen LogP contribution in [0.25, 0.3) is 0 Å². The molecule has 1 heterocycles. The summed E-state index contributed by atoms with van der Waals surface area (Å²) < 4.78 is 0. The number of hydrogen-bond acceptors (Lipinski definition) is 3. The molecule has 4 nitrogen and oxygen atoms in total. The number of primary amides is 1. The van der Waals surface area contributed by atoms with Crippen molar-refractivity contribution in [3.8, 4) is 0 Å². The summed E-state index contributed by atoms with van der Waals surface area (Å²) in [5.41, 5.74) is 11.0. The van der Waals surface area contributed by atoms with Crippen LogP contribution in [-0.2, 0) is 4.79 Å². The molecule has 4 N–H and O–H groups in total. The quantitative estimate of drug-likeness (QED) is 0.722. The highest BCUT2D eigenvalue weighted by Gasteiger charge is 2.32. The number of piperidine rings is 1. The summed E-state index contributed by atoms with van der Waals surface area (Å²) in [5, 5.41) is 0. The topological polar surface area (TPSA) is 72.3 Å². The third kappa shape index (κ3) is 3.92. The van der Waals surface area contributed by atoms with Crippen LogP contribution in [-0.4, -0.2) is 34.4 Å². The molecule has 0 aliphatic carbocycles. The Morgan fingerprint density at radius 3 is 2.59 bits per heavy atom. The average molecular weight is 257 g/mol. The smallest absolute Gasteiger partial charge is 0.221 e. The molecule has 3 unspecified atom stereocenters. The van der Waals surface area contributed by atoms with E-state index in [1.54, 1.807) is 0 Å². The van der Waals surface area contributed by atoms with Crippen LogP contribution in [0.1, 0.15) is 39.5 Å². The van der Waals surface area contributed by atoms with Crippen LogP contribution in [0.5, 0.6) is 0 Å². The van der Waals surface area contributed by atoms with E-state index >= 15 is 0 Å². The van der Waals surface area contributed by atoms with Gasteiger partial charge < -0.3 is 11.5 Å². The molecule has 1 rings (SSSR count). The van der Waals surface area contributed by atoms with Gasteiger partial charge in [-0.15, -0.1) is 0 Å². The lowest BCUT2D eigenvalue weighted by atomic mass is 9.90. The molecule has 1 fully saturated rings. The van der Waals surface area contributed by atoms with Crippen LogP contribution in [0.15, 0.2) is 0 Å². The Morgan fingerprint density at radius 2 is 2.12 bits per heavy atom. The maximum absolute atomic E-state index is 11.3. The first-order chi connectivity index (χ1) is 7.95. The third-order valence-electron chi connectivity index (χ3n) is 3.71. The SMILES string of the molecule is CCC(CC(N)=S)N1CC(C(N)=O)CCC1C. The van der Waals surface area contributed by atoms with Gasteiger partial charge in [-0.1, -0.05) is 19.1 Å². The van der Waals surface area contributed by atoms with Crippen molar-refractivity contribution in [3.63, 3.8) is 0 Å². The van der Waals surface area contributed by atoms with Gasteiger partial charge in [0.05, 0.1) is 10.9 Å². The van der Waals surface area contributed by atoms with Crippen molar-refractivity contribution in [2.45, 2.75) is 51.6 Å². The van der Waals surface area contributed by atoms with Crippen LogP contribution in [0.4, 0.5) is 0 Å². The monoisotopic (exact) mass is 257 g/mol. The molecule has 0 spiro atoms. The zero-order chi connectivity index (χ0) is 13.0. The first kappa shape index (κ1) is 14.4. The zero-order valence-electron chi connectivity index (χ0n) is 10.7. The lowest BCUT2D eigenvalue weighted by Gasteiger charge is -2.41. The van der Waals surface area contributed by atoms with Gasteiger partial charge in [0.15, 0.2) is 0 Å². The number of carbonyl (C=O) groups excluding carboxylic acids is 1. The van der Waals surface area contributed by atoms with E-state index in [-0.39, 0.29) is 11.8 Å². The fourth-order valence-electron chi connectivity index (χ4n) is 2.60. The normalized spacial score (nSPS) is 27.6. The van der Waals surface area contributed by atoms with Gasteiger partial charge in [0, 0.05) is 25.0 Å². The van der Waals surface area contributed by atoms with Crippen LogP contribution >= 0.6 is 12.2 Å². The minimum Gasteiger partial charge on any atom is -0.393 e. The molecule has 17 heavy (non-hydrogen) atoms. The van der Waals surface area contributed by atoms with Crippen molar-refractivity contribution in [1.29, 1.82) is 0 Å². The molecule has 0 aromatic rings. The maximum atomic E-state index is 11.3. The number of nitrogens with zero attached hydrogens (tertiary/aromatic N) is 1. The lowest BCUT2D eigenvalue weighted by Crippen LogP contribution is -2.51. The van der Waals surface area contributed by atoms with E-state index in [1.807, 2.05) is 0 Å². The summed E-state index contributed by atoms with van der Waals surface area (Å²) in [6.45, 7) is 5.07. The first-order valence-electron chi connectivity index (χ1n) is 6.29. The molecule has 3 atom stereocenters.